The van der Waals surface area contributed by atoms with Gasteiger partial charge in [-0.1, -0.05) is 19.1 Å². The molecule has 22 heavy (non-hydrogen) atoms. The molecular weight excluding hydrogens is 317 g/mol. The zero-order chi connectivity index (χ0) is 16.5. The van der Waals surface area contributed by atoms with Crippen LogP contribution in [0.1, 0.15) is 30.5 Å². The van der Waals surface area contributed by atoms with E-state index in [1.807, 2.05) is 6.92 Å². The number of alkyl halides is 3. The van der Waals surface area contributed by atoms with Gasteiger partial charge in [0.2, 0.25) is 10.0 Å². The molecule has 0 amide bonds. The molecule has 1 aliphatic rings. The molecule has 1 aromatic carbocycles. The van der Waals surface area contributed by atoms with Crippen molar-refractivity contribution >= 4 is 10.0 Å². The molecule has 0 saturated carbocycles. The molecule has 1 aliphatic heterocycles. The summed E-state index contributed by atoms with van der Waals surface area (Å²) in [6, 6.07) is 5.62. The van der Waals surface area contributed by atoms with E-state index in [2.05, 4.69) is 0 Å². The molecule has 1 fully saturated rings. The molecule has 120 valence electrons. The lowest BCUT2D eigenvalue weighted by atomic mass is 9.95. The zero-order valence-electron chi connectivity index (χ0n) is 11.8. The topological polar surface area (TPSA) is 61.2 Å². The Morgan fingerprint density at radius 1 is 1.32 bits per heavy atom. The van der Waals surface area contributed by atoms with Gasteiger partial charge in [0.15, 0.2) is 5.75 Å². The van der Waals surface area contributed by atoms with Crippen LogP contribution in [0.5, 0.6) is 0 Å². The first kappa shape index (κ1) is 16.8. The Morgan fingerprint density at radius 3 is 2.41 bits per heavy atom. The lowest BCUT2D eigenvalue weighted by molar-refractivity contribution is -0.137. The molecule has 0 spiro atoms. The molecule has 8 heteroatoms. The minimum atomic E-state index is -4.42. The summed E-state index contributed by atoms with van der Waals surface area (Å²) in [4.78, 5) is 0. The van der Waals surface area contributed by atoms with Gasteiger partial charge in [0.05, 0.1) is 17.7 Å². The maximum atomic E-state index is 12.6. The number of hydrogen-bond donors (Lipinski definition) is 0. The van der Waals surface area contributed by atoms with Gasteiger partial charge >= 0.3 is 6.18 Å². The second kappa shape index (κ2) is 5.89. The van der Waals surface area contributed by atoms with Gasteiger partial charge in [0.1, 0.15) is 0 Å². The van der Waals surface area contributed by atoms with Crippen molar-refractivity contribution in [1.82, 2.24) is 4.31 Å². The summed E-state index contributed by atoms with van der Waals surface area (Å²) in [7, 11) is -3.73. The second-order valence-electron chi connectivity index (χ2n) is 5.36. The van der Waals surface area contributed by atoms with Gasteiger partial charge in [-0.2, -0.15) is 22.7 Å². The van der Waals surface area contributed by atoms with Crippen LogP contribution in [-0.2, 0) is 16.2 Å². The molecule has 0 N–H and O–H groups in total. The van der Waals surface area contributed by atoms with Crippen molar-refractivity contribution in [1.29, 1.82) is 5.26 Å². The third-order valence-electron chi connectivity index (χ3n) is 3.84. The molecule has 2 rings (SSSR count). The van der Waals surface area contributed by atoms with Crippen LogP contribution in [0.4, 0.5) is 13.2 Å². The number of halogens is 3. The van der Waals surface area contributed by atoms with Gasteiger partial charge in [0.25, 0.3) is 0 Å². The summed E-state index contributed by atoms with van der Waals surface area (Å²) in [5.41, 5.74) is -0.257. The molecule has 4 nitrogen and oxygen atoms in total. The number of hydrogen-bond acceptors (Lipinski definition) is 3. The largest absolute Gasteiger partial charge is 0.416 e. The van der Waals surface area contributed by atoms with Gasteiger partial charge in [-0.05, 0) is 30.0 Å². The number of benzene rings is 1. The Hall–Kier alpha value is -1.59. The Kier molecular flexibility index (Phi) is 4.49. The zero-order valence-corrected chi connectivity index (χ0v) is 12.7. The summed E-state index contributed by atoms with van der Waals surface area (Å²) < 4.78 is 63.2. The number of sulfonamides is 1. The summed E-state index contributed by atoms with van der Waals surface area (Å²) in [6.45, 7) is 2.13. The molecular formula is C14H15F3N2O2S. The highest BCUT2D eigenvalue weighted by molar-refractivity contribution is 7.89. The molecule has 0 bridgehead atoms. The minimum Gasteiger partial charge on any atom is -0.211 e. The number of nitriles is 1. The predicted octanol–water partition coefficient (Wildman–Crippen LogP) is 2.94. The van der Waals surface area contributed by atoms with Gasteiger partial charge in [0, 0.05) is 6.54 Å². The van der Waals surface area contributed by atoms with E-state index in [0.717, 1.165) is 12.1 Å². The van der Waals surface area contributed by atoms with E-state index in [0.29, 0.717) is 12.0 Å². The fourth-order valence-corrected chi connectivity index (χ4v) is 4.14. The Labute approximate surface area is 127 Å². The average Bonchev–Trinajstić information content (AvgIpc) is 2.80. The normalized spacial score (nSPS) is 23.4. The Balaban J connectivity index is 2.35. The van der Waals surface area contributed by atoms with Crippen molar-refractivity contribution in [3.05, 3.63) is 35.4 Å². The molecule has 0 aromatic heterocycles. The molecule has 0 aliphatic carbocycles. The average molecular weight is 332 g/mol. The molecule has 2 atom stereocenters. The third-order valence-corrected chi connectivity index (χ3v) is 5.46. The van der Waals surface area contributed by atoms with Crippen LogP contribution < -0.4 is 0 Å². The first-order valence-electron chi connectivity index (χ1n) is 6.70. The van der Waals surface area contributed by atoms with Gasteiger partial charge < -0.3 is 0 Å². The molecule has 1 saturated heterocycles. The van der Waals surface area contributed by atoms with Crippen LogP contribution in [0.25, 0.3) is 0 Å². The highest BCUT2D eigenvalue weighted by Gasteiger charge is 2.40. The molecule has 2 unspecified atom stereocenters. The summed E-state index contributed by atoms with van der Waals surface area (Å²) in [5.74, 6) is -0.651. The van der Waals surface area contributed by atoms with Gasteiger partial charge in [-0.15, -0.1) is 0 Å². The van der Waals surface area contributed by atoms with E-state index in [9.17, 15) is 21.6 Å². The van der Waals surface area contributed by atoms with Gasteiger partial charge in [-0.25, -0.2) is 8.42 Å². The van der Waals surface area contributed by atoms with Crippen molar-refractivity contribution < 1.29 is 21.6 Å². The van der Waals surface area contributed by atoms with E-state index in [1.54, 1.807) is 6.07 Å². The van der Waals surface area contributed by atoms with E-state index in [4.69, 9.17) is 5.26 Å². The molecule has 0 radical (unpaired) electrons. The van der Waals surface area contributed by atoms with Crippen LogP contribution >= 0.6 is 0 Å². The maximum absolute atomic E-state index is 12.6. The predicted molar refractivity (Wildman–Crippen MR) is 74.1 cm³/mol. The fourth-order valence-electron chi connectivity index (χ4n) is 2.75. The standard InChI is InChI=1S/C14H15F3N2O2S/c1-10-6-8-19(22(20,21)9-7-18)13(10)11-2-4-12(5-3-11)14(15,16)17/h2-5,10,13H,6,8-9H2,1H3. The summed E-state index contributed by atoms with van der Waals surface area (Å²) in [5, 5.41) is 8.63. The van der Waals surface area contributed by atoms with Crippen LogP contribution in [0.3, 0.4) is 0 Å². The second-order valence-corrected chi connectivity index (χ2v) is 7.28. The Bertz CT molecular complexity index is 678. The highest BCUT2D eigenvalue weighted by atomic mass is 32.2. The van der Waals surface area contributed by atoms with Gasteiger partial charge in [-0.3, -0.25) is 0 Å². The SMILES string of the molecule is CC1CCN(S(=O)(=O)CC#N)C1c1ccc(C(F)(F)F)cc1. The monoisotopic (exact) mass is 332 g/mol. The van der Waals surface area contributed by atoms with Crippen LogP contribution in [0.15, 0.2) is 24.3 Å². The molecule has 1 aromatic rings. The van der Waals surface area contributed by atoms with E-state index < -0.39 is 33.6 Å². The number of rotatable bonds is 3. The van der Waals surface area contributed by atoms with Crippen molar-refractivity contribution in [2.24, 2.45) is 5.92 Å². The fraction of sp³-hybridized carbons (Fsp3) is 0.500. The maximum Gasteiger partial charge on any atom is 0.416 e. The first-order valence-corrected chi connectivity index (χ1v) is 8.31. The van der Waals surface area contributed by atoms with Crippen LogP contribution in [0.2, 0.25) is 0 Å². The summed E-state index contributed by atoms with van der Waals surface area (Å²) in [6.07, 6.45) is -3.82. The lowest BCUT2D eigenvalue weighted by Crippen LogP contribution is -2.33. The molecule has 1 heterocycles. The van der Waals surface area contributed by atoms with Crippen molar-refractivity contribution in [3.8, 4) is 6.07 Å². The van der Waals surface area contributed by atoms with Crippen LogP contribution in [0, 0.1) is 17.2 Å². The van der Waals surface area contributed by atoms with E-state index in [1.165, 1.54) is 16.4 Å². The van der Waals surface area contributed by atoms with Crippen molar-refractivity contribution in [3.63, 3.8) is 0 Å². The van der Waals surface area contributed by atoms with E-state index >= 15 is 0 Å². The van der Waals surface area contributed by atoms with Crippen LogP contribution in [-0.4, -0.2) is 25.0 Å². The first-order chi connectivity index (χ1) is 10.2. The third kappa shape index (κ3) is 3.25. The highest BCUT2D eigenvalue weighted by Crippen LogP contribution is 2.40. The lowest BCUT2D eigenvalue weighted by Gasteiger charge is -2.26. The quantitative estimate of drug-likeness (QED) is 0.855. The summed E-state index contributed by atoms with van der Waals surface area (Å²) >= 11 is 0. The number of nitrogens with zero attached hydrogens (tertiary/aromatic N) is 2. The van der Waals surface area contributed by atoms with Crippen molar-refractivity contribution in [2.75, 3.05) is 12.3 Å². The smallest absolute Gasteiger partial charge is 0.211 e. The minimum absolute atomic E-state index is 0.0230. The van der Waals surface area contributed by atoms with E-state index in [-0.39, 0.29) is 12.5 Å². The Morgan fingerprint density at radius 2 is 1.91 bits per heavy atom. The van der Waals surface area contributed by atoms with Crippen molar-refractivity contribution in [2.45, 2.75) is 25.6 Å².